The Kier molecular flexibility index (Phi) is 6.12. The van der Waals surface area contributed by atoms with E-state index in [-0.39, 0.29) is 18.4 Å². The van der Waals surface area contributed by atoms with Gasteiger partial charge in [0.05, 0.1) is 26.2 Å². The molecule has 144 valence electrons. The van der Waals surface area contributed by atoms with Gasteiger partial charge in [-0.25, -0.2) is 0 Å². The number of methoxy groups -OCH3 is 1. The number of rotatable bonds is 6. The third-order valence-electron chi connectivity index (χ3n) is 4.39. The predicted molar refractivity (Wildman–Crippen MR) is 103 cm³/mol. The minimum atomic E-state index is -0.554. The lowest BCUT2D eigenvalue weighted by Gasteiger charge is -2.22. The molecule has 1 amide bonds. The molecule has 1 saturated heterocycles. The van der Waals surface area contributed by atoms with Gasteiger partial charge in [-0.15, -0.1) is 0 Å². The number of hydrogen-bond acceptors (Lipinski definition) is 6. The van der Waals surface area contributed by atoms with Crippen LogP contribution in [0, 0.1) is 0 Å². The number of primary amides is 1. The fourth-order valence-corrected chi connectivity index (χ4v) is 3.44. The fraction of sp³-hybridized carbons (Fsp3) is 0.389. The first kappa shape index (κ1) is 19.4. The van der Waals surface area contributed by atoms with Crippen molar-refractivity contribution in [2.24, 2.45) is 5.73 Å². The molecule has 1 aromatic carbocycles. The van der Waals surface area contributed by atoms with Crippen molar-refractivity contribution in [2.75, 3.05) is 25.6 Å². The first-order valence-electron chi connectivity index (χ1n) is 8.57. The van der Waals surface area contributed by atoms with E-state index in [4.69, 9.17) is 10.5 Å². The average Bonchev–Trinajstić information content (AvgIpc) is 3.08. The highest BCUT2D eigenvalue weighted by atomic mass is 79.9. The molecule has 27 heavy (non-hydrogen) atoms. The first-order chi connectivity index (χ1) is 13.0. The molecular formula is C18H21BrN4O4. The Morgan fingerprint density at radius 2 is 2.30 bits per heavy atom. The molecule has 9 heteroatoms. The lowest BCUT2D eigenvalue weighted by Crippen LogP contribution is -2.21. The number of carbonyl (C=O) groups is 2. The topological polar surface area (TPSA) is 108 Å². The number of anilines is 2. The van der Waals surface area contributed by atoms with Gasteiger partial charge in [0, 0.05) is 23.0 Å². The highest BCUT2D eigenvalue weighted by Crippen LogP contribution is 2.27. The molecule has 3 N–H and O–H groups in total. The zero-order chi connectivity index (χ0) is 19.4. The van der Waals surface area contributed by atoms with Gasteiger partial charge >= 0.3 is 5.97 Å². The van der Waals surface area contributed by atoms with Crippen molar-refractivity contribution in [3.05, 3.63) is 40.0 Å². The van der Waals surface area contributed by atoms with E-state index in [9.17, 15) is 9.59 Å². The van der Waals surface area contributed by atoms with Gasteiger partial charge in [-0.1, -0.05) is 22.0 Å². The molecule has 3 rings (SSSR count). The number of ether oxygens (including phenoxy) is 2. The Hall–Kier alpha value is -2.39. The van der Waals surface area contributed by atoms with Crippen LogP contribution in [0.1, 0.15) is 34.8 Å². The zero-order valence-electron chi connectivity index (χ0n) is 14.9. The van der Waals surface area contributed by atoms with Gasteiger partial charge in [-0.05, 0) is 30.5 Å². The monoisotopic (exact) mass is 436 g/mol. The van der Waals surface area contributed by atoms with E-state index in [1.807, 2.05) is 6.07 Å². The van der Waals surface area contributed by atoms with Gasteiger partial charge in [-0.3, -0.25) is 14.3 Å². The number of nitrogens with two attached hydrogens (primary N) is 1. The summed E-state index contributed by atoms with van der Waals surface area (Å²) < 4.78 is 12.7. The van der Waals surface area contributed by atoms with Crippen LogP contribution < -0.4 is 11.1 Å². The van der Waals surface area contributed by atoms with Crippen LogP contribution in [-0.2, 0) is 20.7 Å². The Bertz CT molecular complexity index is 846. The van der Waals surface area contributed by atoms with Crippen LogP contribution in [0.2, 0.25) is 0 Å². The highest BCUT2D eigenvalue weighted by Gasteiger charge is 2.21. The zero-order valence-corrected chi connectivity index (χ0v) is 16.5. The van der Waals surface area contributed by atoms with Crippen LogP contribution in [0.15, 0.2) is 28.9 Å². The maximum Gasteiger partial charge on any atom is 0.310 e. The van der Waals surface area contributed by atoms with Gasteiger partial charge in [0.25, 0.3) is 5.91 Å². The Morgan fingerprint density at radius 3 is 2.93 bits per heavy atom. The number of aromatic nitrogens is 2. The third kappa shape index (κ3) is 4.67. The number of nitrogens with one attached hydrogen (secondary N) is 1. The molecule has 1 aliphatic rings. The van der Waals surface area contributed by atoms with Gasteiger partial charge < -0.3 is 20.5 Å². The maximum atomic E-state index is 11.8. The third-order valence-corrected chi connectivity index (χ3v) is 5.12. The lowest BCUT2D eigenvalue weighted by atomic mass is 10.1. The minimum absolute atomic E-state index is 0.0848. The molecule has 2 aromatic rings. The summed E-state index contributed by atoms with van der Waals surface area (Å²) >= 11 is 3.45. The maximum absolute atomic E-state index is 11.8. The van der Waals surface area contributed by atoms with Crippen molar-refractivity contribution >= 4 is 39.3 Å². The number of hydrogen-bond donors (Lipinski definition) is 2. The van der Waals surface area contributed by atoms with E-state index < -0.39 is 5.91 Å². The van der Waals surface area contributed by atoms with Gasteiger partial charge in [-0.2, -0.15) is 5.10 Å². The Morgan fingerprint density at radius 1 is 1.48 bits per heavy atom. The normalized spacial score (nSPS) is 16.7. The van der Waals surface area contributed by atoms with E-state index >= 15 is 0 Å². The molecule has 1 atom stereocenters. The predicted octanol–water partition coefficient (Wildman–Crippen LogP) is 2.56. The summed E-state index contributed by atoms with van der Waals surface area (Å²) in [6.07, 6.45) is 3.71. The molecule has 0 spiro atoms. The highest BCUT2D eigenvalue weighted by molar-refractivity contribution is 9.10. The number of nitrogens with zero attached hydrogens (tertiary/aromatic N) is 2. The smallest absolute Gasteiger partial charge is 0.310 e. The fourth-order valence-electron chi connectivity index (χ4n) is 2.92. The molecule has 1 aliphatic heterocycles. The van der Waals surface area contributed by atoms with E-state index in [1.54, 1.807) is 23.0 Å². The summed E-state index contributed by atoms with van der Waals surface area (Å²) in [5.41, 5.74) is 7.34. The van der Waals surface area contributed by atoms with E-state index in [0.29, 0.717) is 23.7 Å². The number of benzene rings is 1. The molecule has 1 fully saturated rings. The lowest BCUT2D eigenvalue weighted by molar-refractivity contribution is -0.139. The minimum Gasteiger partial charge on any atom is -0.469 e. The molecule has 0 saturated carbocycles. The van der Waals surface area contributed by atoms with Crippen molar-refractivity contribution in [3.63, 3.8) is 0 Å². The summed E-state index contributed by atoms with van der Waals surface area (Å²) in [5, 5.41) is 7.63. The van der Waals surface area contributed by atoms with Crippen LogP contribution in [0.25, 0.3) is 0 Å². The second-order valence-electron chi connectivity index (χ2n) is 6.29. The number of halogens is 1. The molecule has 8 nitrogen and oxygen atoms in total. The Balaban J connectivity index is 1.81. The van der Waals surface area contributed by atoms with E-state index in [2.05, 4.69) is 31.1 Å². The van der Waals surface area contributed by atoms with Crippen LogP contribution in [0.3, 0.4) is 0 Å². The van der Waals surface area contributed by atoms with Crippen molar-refractivity contribution in [1.29, 1.82) is 0 Å². The number of amides is 1. The van der Waals surface area contributed by atoms with Crippen LogP contribution in [0.5, 0.6) is 0 Å². The molecule has 1 aromatic heterocycles. The second kappa shape index (κ2) is 8.53. The molecule has 0 unspecified atom stereocenters. The first-order valence-corrected chi connectivity index (χ1v) is 9.36. The van der Waals surface area contributed by atoms with Crippen molar-refractivity contribution in [3.8, 4) is 0 Å². The van der Waals surface area contributed by atoms with Crippen LogP contribution >= 0.6 is 15.9 Å². The number of carbonyl (C=O) groups excluding carboxylic acids is 2. The summed E-state index contributed by atoms with van der Waals surface area (Å²) in [6, 6.07) is 5.50. The number of esters is 1. The average molecular weight is 437 g/mol. The van der Waals surface area contributed by atoms with E-state index in [0.717, 1.165) is 29.5 Å². The Labute approximate surface area is 165 Å². The summed E-state index contributed by atoms with van der Waals surface area (Å²) in [6.45, 7) is 1.31. The van der Waals surface area contributed by atoms with Crippen molar-refractivity contribution in [1.82, 2.24) is 9.78 Å². The molecule has 0 aliphatic carbocycles. The summed E-state index contributed by atoms with van der Waals surface area (Å²) in [5.74, 6) is -0.483. The molecule has 0 bridgehead atoms. The van der Waals surface area contributed by atoms with Gasteiger partial charge in [0.2, 0.25) is 0 Å². The van der Waals surface area contributed by atoms with Crippen LogP contribution in [0.4, 0.5) is 11.5 Å². The van der Waals surface area contributed by atoms with Crippen molar-refractivity contribution in [2.45, 2.75) is 25.3 Å². The standard InChI is InChI=1S/C18H21BrN4O4/c1-26-16(24)7-11-4-5-12(8-15(11)19)21-18-14(17(20)25)9-23(22-18)13-3-2-6-27-10-13/h4-5,8-9,13H,2-3,6-7,10H2,1H3,(H2,20,25)(H,21,22)/t13-/m1/s1. The molecule has 2 heterocycles. The summed E-state index contributed by atoms with van der Waals surface area (Å²) in [4.78, 5) is 23.3. The SMILES string of the molecule is COC(=O)Cc1ccc(Nc2nn([C@@H]3CCCOC3)cc2C(N)=O)cc1Br. The second-order valence-corrected chi connectivity index (χ2v) is 7.15. The molecule has 0 radical (unpaired) electrons. The van der Waals surface area contributed by atoms with Gasteiger partial charge in [0.15, 0.2) is 5.82 Å². The van der Waals surface area contributed by atoms with Gasteiger partial charge in [0.1, 0.15) is 5.56 Å². The quantitative estimate of drug-likeness (QED) is 0.673. The van der Waals surface area contributed by atoms with E-state index in [1.165, 1.54) is 7.11 Å². The van der Waals surface area contributed by atoms with Crippen LogP contribution in [-0.4, -0.2) is 42.0 Å². The summed E-state index contributed by atoms with van der Waals surface area (Å²) in [7, 11) is 1.35. The largest absolute Gasteiger partial charge is 0.469 e. The van der Waals surface area contributed by atoms with Crippen molar-refractivity contribution < 1.29 is 19.1 Å². The molecular weight excluding hydrogens is 416 g/mol.